The summed E-state index contributed by atoms with van der Waals surface area (Å²) in [6.45, 7) is 9.05. The summed E-state index contributed by atoms with van der Waals surface area (Å²) in [6, 6.07) is 1.27. The lowest BCUT2D eigenvalue weighted by Gasteiger charge is -2.41. The van der Waals surface area contributed by atoms with Gasteiger partial charge in [0.15, 0.2) is 0 Å². The van der Waals surface area contributed by atoms with Crippen molar-refractivity contribution in [3.63, 3.8) is 0 Å². The van der Waals surface area contributed by atoms with Crippen molar-refractivity contribution in [1.82, 2.24) is 5.32 Å². The van der Waals surface area contributed by atoms with Gasteiger partial charge in [0, 0.05) is 24.4 Å². The second-order valence-corrected chi connectivity index (χ2v) is 7.09. The molecule has 0 aliphatic carbocycles. The summed E-state index contributed by atoms with van der Waals surface area (Å²) in [6.07, 6.45) is 2.57. The van der Waals surface area contributed by atoms with Gasteiger partial charge in [0.2, 0.25) is 0 Å². The third kappa shape index (κ3) is 2.93. The number of hydrogen-bond donors (Lipinski definition) is 1. The van der Waals surface area contributed by atoms with E-state index in [2.05, 4.69) is 37.8 Å². The average Bonchev–Trinajstić information content (AvgIpc) is 2.74. The first-order valence-electron chi connectivity index (χ1n) is 6.51. The molecule has 0 bridgehead atoms. The van der Waals surface area contributed by atoms with E-state index in [0.717, 1.165) is 19.1 Å². The first kappa shape index (κ1) is 12.7. The van der Waals surface area contributed by atoms with Crippen LogP contribution in [0.4, 0.5) is 0 Å². The number of thioether (sulfide) groups is 1. The molecule has 0 aromatic carbocycles. The highest BCUT2D eigenvalue weighted by Gasteiger charge is 2.34. The van der Waals surface area contributed by atoms with Crippen LogP contribution in [0.3, 0.4) is 0 Å². The molecular formula is C13H25NOS. The highest BCUT2D eigenvalue weighted by Crippen LogP contribution is 2.35. The normalized spacial score (nSPS) is 36.2. The monoisotopic (exact) mass is 243 g/mol. The maximum atomic E-state index is 5.47. The fraction of sp³-hybridized carbons (Fsp3) is 1.00. The van der Waals surface area contributed by atoms with E-state index >= 15 is 0 Å². The lowest BCUT2D eigenvalue weighted by molar-refractivity contribution is 0.166. The molecule has 2 aliphatic rings. The van der Waals surface area contributed by atoms with Crippen LogP contribution in [0.1, 0.15) is 33.6 Å². The van der Waals surface area contributed by atoms with E-state index in [1.807, 2.05) is 0 Å². The second kappa shape index (κ2) is 5.28. The van der Waals surface area contributed by atoms with Gasteiger partial charge in [-0.1, -0.05) is 13.8 Å². The van der Waals surface area contributed by atoms with Crippen molar-refractivity contribution in [2.75, 3.05) is 24.7 Å². The molecular weight excluding hydrogens is 218 g/mol. The molecule has 0 saturated carbocycles. The largest absolute Gasteiger partial charge is 0.381 e. The molecule has 3 atom stereocenters. The van der Waals surface area contributed by atoms with Gasteiger partial charge in [0.05, 0.1) is 6.61 Å². The number of rotatable bonds is 3. The molecule has 2 rings (SSSR count). The van der Waals surface area contributed by atoms with Gasteiger partial charge in [0.1, 0.15) is 0 Å². The Labute approximate surface area is 104 Å². The Bertz CT molecular complexity index is 226. The number of ether oxygens (including phenoxy) is 1. The summed E-state index contributed by atoms with van der Waals surface area (Å²) in [5, 5.41) is 3.85. The molecule has 94 valence electrons. The van der Waals surface area contributed by atoms with E-state index in [0.29, 0.717) is 17.5 Å². The van der Waals surface area contributed by atoms with Crippen molar-refractivity contribution in [3.8, 4) is 0 Å². The maximum Gasteiger partial charge on any atom is 0.0509 e. The van der Waals surface area contributed by atoms with E-state index in [-0.39, 0.29) is 0 Å². The minimum atomic E-state index is 0.457. The van der Waals surface area contributed by atoms with Crippen LogP contribution in [0.2, 0.25) is 0 Å². The lowest BCUT2D eigenvalue weighted by atomic mass is 9.81. The summed E-state index contributed by atoms with van der Waals surface area (Å²) in [7, 11) is 0. The standard InChI is InChI=1S/C13H25NOS/c1-10(11-4-6-15-8-11)14-12-9-16-7-5-13(12,2)3/h10-12,14H,4-9H2,1-3H3. The average molecular weight is 243 g/mol. The molecule has 0 spiro atoms. The smallest absolute Gasteiger partial charge is 0.0509 e. The highest BCUT2D eigenvalue weighted by molar-refractivity contribution is 7.99. The Morgan fingerprint density at radius 2 is 2.25 bits per heavy atom. The van der Waals surface area contributed by atoms with Crippen molar-refractivity contribution >= 4 is 11.8 Å². The van der Waals surface area contributed by atoms with Gasteiger partial charge in [-0.25, -0.2) is 0 Å². The lowest BCUT2D eigenvalue weighted by Crippen LogP contribution is -2.51. The molecule has 2 saturated heterocycles. The zero-order chi connectivity index (χ0) is 11.6. The van der Waals surface area contributed by atoms with Crippen LogP contribution in [0.25, 0.3) is 0 Å². The highest BCUT2D eigenvalue weighted by atomic mass is 32.2. The Kier molecular flexibility index (Phi) is 4.20. The minimum absolute atomic E-state index is 0.457. The SMILES string of the molecule is CC(NC1CSCCC1(C)C)C1CCOC1. The van der Waals surface area contributed by atoms with Crippen molar-refractivity contribution in [2.45, 2.75) is 45.7 Å². The molecule has 3 heteroatoms. The van der Waals surface area contributed by atoms with Gasteiger partial charge in [-0.05, 0) is 36.9 Å². The van der Waals surface area contributed by atoms with Gasteiger partial charge < -0.3 is 10.1 Å². The third-order valence-corrected chi connectivity index (χ3v) is 5.32. The van der Waals surface area contributed by atoms with Crippen LogP contribution in [-0.4, -0.2) is 36.8 Å². The molecule has 2 heterocycles. The molecule has 2 nitrogen and oxygen atoms in total. The fourth-order valence-electron chi connectivity index (χ4n) is 2.61. The molecule has 0 radical (unpaired) electrons. The zero-order valence-electron chi connectivity index (χ0n) is 10.8. The first-order valence-corrected chi connectivity index (χ1v) is 7.66. The quantitative estimate of drug-likeness (QED) is 0.823. The Hall–Kier alpha value is 0.270. The molecule has 16 heavy (non-hydrogen) atoms. The van der Waals surface area contributed by atoms with E-state index < -0.39 is 0 Å². The summed E-state index contributed by atoms with van der Waals surface area (Å²) in [5.41, 5.74) is 0.457. The van der Waals surface area contributed by atoms with Crippen LogP contribution in [0.15, 0.2) is 0 Å². The summed E-state index contributed by atoms with van der Waals surface area (Å²) < 4.78 is 5.47. The van der Waals surface area contributed by atoms with Crippen molar-refractivity contribution in [1.29, 1.82) is 0 Å². The molecule has 2 fully saturated rings. The van der Waals surface area contributed by atoms with Crippen LogP contribution in [0.5, 0.6) is 0 Å². The van der Waals surface area contributed by atoms with Crippen LogP contribution in [-0.2, 0) is 4.74 Å². The van der Waals surface area contributed by atoms with Gasteiger partial charge in [0.25, 0.3) is 0 Å². The fourth-order valence-corrected chi connectivity index (χ4v) is 4.23. The van der Waals surface area contributed by atoms with Crippen LogP contribution < -0.4 is 5.32 Å². The van der Waals surface area contributed by atoms with Crippen molar-refractivity contribution < 1.29 is 4.74 Å². The molecule has 2 aliphatic heterocycles. The summed E-state index contributed by atoms with van der Waals surface area (Å²) >= 11 is 2.10. The van der Waals surface area contributed by atoms with E-state index in [1.165, 1.54) is 24.3 Å². The van der Waals surface area contributed by atoms with Crippen molar-refractivity contribution in [2.24, 2.45) is 11.3 Å². The second-order valence-electron chi connectivity index (χ2n) is 5.95. The predicted molar refractivity (Wildman–Crippen MR) is 71.0 cm³/mol. The Morgan fingerprint density at radius 3 is 2.88 bits per heavy atom. The topological polar surface area (TPSA) is 21.3 Å². The molecule has 0 aromatic rings. The summed E-state index contributed by atoms with van der Waals surface area (Å²) in [5.74, 6) is 3.32. The number of nitrogens with one attached hydrogen (secondary N) is 1. The molecule has 1 N–H and O–H groups in total. The van der Waals surface area contributed by atoms with Crippen LogP contribution >= 0.6 is 11.8 Å². The molecule has 3 unspecified atom stereocenters. The minimum Gasteiger partial charge on any atom is -0.381 e. The third-order valence-electron chi connectivity index (χ3n) is 4.25. The Balaban J connectivity index is 1.87. The molecule has 0 aromatic heterocycles. The first-order chi connectivity index (χ1) is 7.59. The van der Waals surface area contributed by atoms with Gasteiger partial charge in [-0.2, -0.15) is 11.8 Å². The number of hydrogen-bond acceptors (Lipinski definition) is 3. The zero-order valence-corrected chi connectivity index (χ0v) is 11.6. The predicted octanol–water partition coefficient (Wildman–Crippen LogP) is 2.53. The van der Waals surface area contributed by atoms with Gasteiger partial charge in [-0.15, -0.1) is 0 Å². The van der Waals surface area contributed by atoms with Gasteiger partial charge >= 0.3 is 0 Å². The Morgan fingerprint density at radius 1 is 1.44 bits per heavy atom. The van der Waals surface area contributed by atoms with Crippen molar-refractivity contribution in [3.05, 3.63) is 0 Å². The van der Waals surface area contributed by atoms with E-state index in [9.17, 15) is 0 Å². The van der Waals surface area contributed by atoms with E-state index in [1.54, 1.807) is 0 Å². The van der Waals surface area contributed by atoms with Crippen LogP contribution in [0, 0.1) is 11.3 Å². The van der Waals surface area contributed by atoms with E-state index in [4.69, 9.17) is 4.74 Å². The summed E-state index contributed by atoms with van der Waals surface area (Å²) in [4.78, 5) is 0. The maximum absolute atomic E-state index is 5.47. The molecule has 0 amide bonds. The van der Waals surface area contributed by atoms with Gasteiger partial charge in [-0.3, -0.25) is 0 Å².